The Hall–Kier alpha value is -2.67. The molecule has 0 radical (unpaired) electrons. The summed E-state index contributed by atoms with van der Waals surface area (Å²) in [7, 11) is -3.48. The zero-order valence-corrected chi connectivity index (χ0v) is 22.9. The predicted octanol–water partition coefficient (Wildman–Crippen LogP) is 7.19. The second-order valence-corrected chi connectivity index (χ2v) is 13.2. The van der Waals surface area contributed by atoms with Crippen LogP contribution in [0.1, 0.15) is 62.0 Å². The van der Waals surface area contributed by atoms with Crippen LogP contribution in [0.4, 0.5) is 4.39 Å². The topological polar surface area (TPSA) is 72.5 Å². The Morgan fingerprint density at radius 1 is 1.11 bits per heavy atom. The minimum Gasteiger partial charge on any atom is -0.360 e. The molecule has 1 aromatic carbocycles. The summed E-state index contributed by atoms with van der Waals surface area (Å²) in [6.45, 7) is 3.33. The van der Waals surface area contributed by atoms with Gasteiger partial charge in [0.05, 0.1) is 22.2 Å². The van der Waals surface area contributed by atoms with Crippen molar-refractivity contribution in [3.63, 3.8) is 0 Å². The first-order valence-electron chi connectivity index (χ1n) is 12.7. The first-order chi connectivity index (χ1) is 17.7. The van der Waals surface area contributed by atoms with Gasteiger partial charge in [-0.15, -0.1) is 0 Å². The molecule has 2 aromatic rings. The number of aryl methyl sites for hydroxylation is 2. The summed E-state index contributed by atoms with van der Waals surface area (Å²) in [5.41, 5.74) is 8.16. The van der Waals surface area contributed by atoms with Crippen molar-refractivity contribution in [2.75, 3.05) is 5.75 Å². The minimum absolute atomic E-state index is 0.0369. The van der Waals surface area contributed by atoms with Crippen molar-refractivity contribution < 1.29 is 17.3 Å². The highest BCUT2D eigenvalue weighted by Crippen LogP contribution is 2.48. The molecular formula is C29H31FN2O3S2. The SMILES string of the molecule is Cc1noc(C)c1S(=O)(=O)CC1=CCCC2(CC=C(CC3=NC(Cc4ccc(F)cc4)=C=CS3)C2)CC1. The Balaban J connectivity index is 1.17. The molecule has 2 heterocycles. The molecule has 0 N–H and O–H groups in total. The van der Waals surface area contributed by atoms with Gasteiger partial charge < -0.3 is 4.52 Å². The van der Waals surface area contributed by atoms with E-state index in [1.807, 2.05) is 5.41 Å². The monoisotopic (exact) mass is 538 g/mol. The third kappa shape index (κ3) is 6.08. The first kappa shape index (κ1) is 26.0. The van der Waals surface area contributed by atoms with Gasteiger partial charge in [-0.05, 0) is 75.5 Å². The van der Waals surface area contributed by atoms with Gasteiger partial charge in [0.2, 0.25) is 0 Å². The molecule has 1 spiro atoms. The van der Waals surface area contributed by atoms with E-state index in [0.717, 1.165) is 66.8 Å². The quantitative estimate of drug-likeness (QED) is 0.276. The maximum atomic E-state index is 13.2. The average Bonchev–Trinajstić information content (AvgIpc) is 3.35. The molecule has 2 aliphatic carbocycles. The van der Waals surface area contributed by atoms with E-state index in [1.165, 1.54) is 17.7 Å². The van der Waals surface area contributed by atoms with Crippen LogP contribution in [0.25, 0.3) is 0 Å². The van der Waals surface area contributed by atoms with Crippen molar-refractivity contribution in [2.24, 2.45) is 10.4 Å². The van der Waals surface area contributed by atoms with Crippen LogP contribution in [0.15, 0.2) is 78.8 Å². The van der Waals surface area contributed by atoms with E-state index < -0.39 is 9.84 Å². The highest BCUT2D eigenvalue weighted by atomic mass is 32.2. The van der Waals surface area contributed by atoms with Crippen molar-refractivity contribution >= 4 is 26.6 Å². The van der Waals surface area contributed by atoms with Crippen molar-refractivity contribution in [3.8, 4) is 0 Å². The lowest BCUT2D eigenvalue weighted by molar-refractivity contribution is 0.264. The van der Waals surface area contributed by atoms with Crippen molar-refractivity contribution in [1.82, 2.24) is 5.16 Å². The van der Waals surface area contributed by atoms with Crippen LogP contribution in [0, 0.1) is 25.1 Å². The molecule has 1 aliphatic heterocycles. The molecule has 5 rings (SSSR count). The van der Waals surface area contributed by atoms with Crippen LogP contribution in [0.3, 0.4) is 0 Å². The Bertz CT molecular complexity index is 1440. The molecule has 0 saturated carbocycles. The number of rotatable bonds is 7. The van der Waals surface area contributed by atoms with Gasteiger partial charge in [-0.3, -0.25) is 0 Å². The molecule has 37 heavy (non-hydrogen) atoms. The standard InChI is InChI=1S/C29H31FN2O3S2/c1-20-28(21(2)35-32-20)37(33,34)19-23-4-3-12-29(13-9-23)14-10-24(18-29)17-27-31-26(11-15-36-27)16-22-5-7-25(30)8-6-22/h4-8,10,15H,3,9,12-14,16-19H2,1-2H3. The Morgan fingerprint density at radius 3 is 2.68 bits per heavy atom. The number of allylic oxidation sites excluding steroid dienone is 4. The second-order valence-electron chi connectivity index (χ2n) is 10.4. The van der Waals surface area contributed by atoms with Gasteiger partial charge >= 0.3 is 0 Å². The van der Waals surface area contributed by atoms with E-state index in [1.54, 1.807) is 37.7 Å². The highest BCUT2D eigenvalue weighted by Gasteiger charge is 2.36. The molecule has 1 atom stereocenters. The molecule has 194 valence electrons. The smallest absolute Gasteiger partial charge is 0.187 e. The Labute approximate surface area is 222 Å². The van der Waals surface area contributed by atoms with Gasteiger partial charge in [0, 0.05) is 18.2 Å². The summed E-state index contributed by atoms with van der Waals surface area (Å²) in [6, 6.07) is 6.53. The van der Waals surface area contributed by atoms with E-state index in [0.29, 0.717) is 17.9 Å². The second kappa shape index (κ2) is 10.6. The summed E-state index contributed by atoms with van der Waals surface area (Å²) in [6.07, 6.45) is 11.8. The maximum absolute atomic E-state index is 13.2. The van der Waals surface area contributed by atoms with Gasteiger partial charge in [0.1, 0.15) is 10.7 Å². The van der Waals surface area contributed by atoms with Crippen LogP contribution >= 0.6 is 11.8 Å². The van der Waals surface area contributed by atoms with Crippen molar-refractivity contribution in [3.05, 3.63) is 87.2 Å². The van der Waals surface area contributed by atoms with E-state index in [-0.39, 0.29) is 21.9 Å². The number of aliphatic imine (C=N–C) groups is 1. The van der Waals surface area contributed by atoms with Crippen LogP contribution in [0.5, 0.6) is 0 Å². The number of thioether (sulfide) groups is 1. The molecule has 1 aromatic heterocycles. The fourth-order valence-corrected chi connectivity index (χ4v) is 8.26. The van der Waals surface area contributed by atoms with E-state index in [2.05, 4.69) is 23.0 Å². The van der Waals surface area contributed by atoms with Crippen LogP contribution in [-0.4, -0.2) is 24.4 Å². The molecule has 0 amide bonds. The average molecular weight is 539 g/mol. The fraction of sp³-hybridized carbons (Fsp3) is 0.414. The van der Waals surface area contributed by atoms with Crippen molar-refractivity contribution in [1.29, 1.82) is 0 Å². The Morgan fingerprint density at radius 2 is 1.92 bits per heavy atom. The molecule has 8 heteroatoms. The lowest BCUT2D eigenvalue weighted by Crippen LogP contribution is -2.17. The number of aromatic nitrogens is 1. The summed E-state index contributed by atoms with van der Waals surface area (Å²) >= 11 is 1.62. The third-order valence-electron chi connectivity index (χ3n) is 7.51. The van der Waals surface area contributed by atoms with Gasteiger partial charge in [-0.2, -0.15) is 0 Å². The molecule has 0 saturated heterocycles. The normalized spacial score (nSPS) is 21.9. The lowest BCUT2D eigenvalue weighted by Gasteiger charge is -2.28. The zero-order chi connectivity index (χ0) is 26.0. The van der Waals surface area contributed by atoms with Gasteiger partial charge in [-0.25, -0.2) is 17.8 Å². The van der Waals surface area contributed by atoms with Crippen molar-refractivity contribution in [2.45, 2.75) is 70.1 Å². The number of hydrogen-bond donors (Lipinski definition) is 0. The molecule has 3 aliphatic rings. The number of benzene rings is 1. The molecule has 1 unspecified atom stereocenters. The number of sulfone groups is 1. The molecule has 5 nitrogen and oxygen atoms in total. The summed E-state index contributed by atoms with van der Waals surface area (Å²) in [4.78, 5) is 5.08. The summed E-state index contributed by atoms with van der Waals surface area (Å²) < 4.78 is 44.4. The largest absolute Gasteiger partial charge is 0.360 e. The van der Waals surface area contributed by atoms with Crippen LogP contribution in [-0.2, 0) is 16.3 Å². The fourth-order valence-electron chi connectivity index (χ4n) is 5.64. The number of halogens is 1. The first-order valence-corrected chi connectivity index (χ1v) is 15.2. The van der Waals surface area contributed by atoms with E-state index in [4.69, 9.17) is 9.52 Å². The van der Waals surface area contributed by atoms with Gasteiger partial charge in [-0.1, -0.05) is 58.1 Å². The molecular weight excluding hydrogens is 507 g/mol. The van der Waals surface area contributed by atoms with E-state index in [9.17, 15) is 12.8 Å². The third-order valence-corrected chi connectivity index (χ3v) is 10.2. The van der Waals surface area contributed by atoms with Crippen LogP contribution in [0.2, 0.25) is 0 Å². The maximum Gasteiger partial charge on any atom is 0.187 e. The number of hydrogen-bond acceptors (Lipinski definition) is 6. The van der Waals surface area contributed by atoms with Gasteiger partial charge in [0.25, 0.3) is 0 Å². The highest BCUT2D eigenvalue weighted by molar-refractivity contribution is 8.16. The predicted molar refractivity (Wildman–Crippen MR) is 146 cm³/mol. The van der Waals surface area contributed by atoms with Gasteiger partial charge in [0.15, 0.2) is 15.6 Å². The molecule has 0 fully saturated rings. The van der Waals surface area contributed by atoms with E-state index >= 15 is 0 Å². The Kier molecular flexibility index (Phi) is 7.44. The van der Waals surface area contributed by atoms with Crippen LogP contribution < -0.4 is 0 Å². The summed E-state index contributed by atoms with van der Waals surface area (Å²) in [5, 5.41) is 6.86. The minimum atomic E-state index is -3.48. The summed E-state index contributed by atoms with van der Waals surface area (Å²) in [5.74, 6) is 0.165. The lowest BCUT2D eigenvalue weighted by atomic mass is 9.77. The number of nitrogens with zero attached hydrogens (tertiary/aromatic N) is 2. The molecule has 0 bridgehead atoms. The zero-order valence-electron chi connectivity index (χ0n) is 21.2.